The molecule has 0 amide bonds. The first-order valence-corrected chi connectivity index (χ1v) is 7.42. The van der Waals surface area contributed by atoms with Crippen LogP contribution in [0.3, 0.4) is 0 Å². The molecule has 0 aliphatic heterocycles. The molecule has 2 aliphatic rings. The number of imidazole rings is 1. The molecule has 2 heterocycles. The van der Waals surface area contributed by atoms with Crippen LogP contribution in [-0.4, -0.2) is 15.4 Å². The minimum Gasteiger partial charge on any atom is -0.308 e. The minimum atomic E-state index is 0.773. The van der Waals surface area contributed by atoms with Gasteiger partial charge in [-0.2, -0.15) is 0 Å². The lowest BCUT2D eigenvalue weighted by Crippen LogP contribution is -2.32. The van der Waals surface area contributed by atoms with Crippen LogP contribution in [0.15, 0.2) is 17.8 Å². The van der Waals surface area contributed by atoms with E-state index in [1.165, 1.54) is 31.4 Å². The van der Waals surface area contributed by atoms with E-state index in [4.69, 9.17) is 0 Å². The first-order chi connectivity index (χ1) is 8.40. The molecule has 0 atom stereocenters. The molecule has 90 valence electrons. The first kappa shape index (κ1) is 10.1. The number of nitrogens with zero attached hydrogens (tertiary/aromatic N) is 2. The van der Waals surface area contributed by atoms with Crippen LogP contribution in [0.2, 0.25) is 0 Å². The monoisotopic (exact) mass is 247 g/mol. The maximum Gasteiger partial charge on any atom is 0.193 e. The van der Waals surface area contributed by atoms with Crippen molar-refractivity contribution in [1.82, 2.24) is 14.7 Å². The summed E-state index contributed by atoms with van der Waals surface area (Å²) < 4.78 is 2.12. The van der Waals surface area contributed by atoms with Crippen LogP contribution < -0.4 is 5.32 Å². The van der Waals surface area contributed by atoms with Crippen molar-refractivity contribution in [3.8, 4) is 0 Å². The Morgan fingerprint density at radius 3 is 2.76 bits per heavy atom. The van der Waals surface area contributed by atoms with Gasteiger partial charge >= 0.3 is 0 Å². The molecule has 1 N–H and O–H groups in total. The van der Waals surface area contributed by atoms with Crippen LogP contribution in [0.25, 0.3) is 4.96 Å². The van der Waals surface area contributed by atoms with Crippen molar-refractivity contribution in [3.63, 3.8) is 0 Å². The van der Waals surface area contributed by atoms with Crippen LogP contribution in [0.5, 0.6) is 0 Å². The summed E-state index contributed by atoms with van der Waals surface area (Å²) in [6.45, 7) is 0.937. The molecule has 4 rings (SSSR count). The van der Waals surface area contributed by atoms with Crippen LogP contribution in [0.4, 0.5) is 0 Å². The SMILES string of the molecule is c1cn2cc(CNC(C3CC3)C3CC3)nc2s1. The molecule has 2 saturated carbocycles. The lowest BCUT2D eigenvalue weighted by atomic mass is 10.1. The minimum absolute atomic E-state index is 0.773. The van der Waals surface area contributed by atoms with E-state index in [9.17, 15) is 0 Å². The quantitative estimate of drug-likeness (QED) is 0.880. The highest BCUT2D eigenvalue weighted by Gasteiger charge is 2.40. The lowest BCUT2D eigenvalue weighted by Gasteiger charge is -2.16. The number of nitrogens with one attached hydrogen (secondary N) is 1. The highest BCUT2D eigenvalue weighted by Crippen LogP contribution is 2.44. The normalized spacial score (nSPS) is 20.5. The van der Waals surface area contributed by atoms with E-state index in [2.05, 4.69) is 32.5 Å². The molecule has 0 aromatic carbocycles. The highest BCUT2D eigenvalue weighted by molar-refractivity contribution is 7.15. The maximum absolute atomic E-state index is 4.62. The molecule has 3 nitrogen and oxygen atoms in total. The van der Waals surface area contributed by atoms with Gasteiger partial charge < -0.3 is 5.32 Å². The molecule has 2 aromatic heterocycles. The zero-order chi connectivity index (χ0) is 11.2. The fourth-order valence-electron chi connectivity index (χ4n) is 2.71. The van der Waals surface area contributed by atoms with Gasteiger partial charge in [0.1, 0.15) is 0 Å². The Morgan fingerprint density at radius 1 is 1.35 bits per heavy atom. The Labute approximate surface area is 105 Å². The molecule has 0 radical (unpaired) electrons. The van der Waals surface area contributed by atoms with Crippen LogP contribution in [0, 0.1) is 11.8 Å². The van der Waals surface area contributed by atoms with E-state index in [0.717, 1.165) is 29.4 Å². The van der Waals surface area contributed by atoms with E-state index >= 15 is 0 Å². The van der Waals surface area contributed by atoms with Gasteiger partial charge in [-0.3, -0.25) is 4.40 Å². The second kappa shape index (κ2) is 3.82. The number of rotatable bonds is 5. The zero-order valence-electron chi connectivity index (χ0n) is 9.80. The van der Waals surface area contributed by atoms with Crippen molar-refractivity contribution in [2.24, 2.45) is 11.8 Å². The van der Waals surface area contributed by atoms with Crippen LogP contribution >= 0.6 is 11.3 Å². The molecule has 0 saturated heterocycles. The third kappa shape index (κ3) is 2.00. The maximum atomic E-state index is 4.62. The van der Waals surface area contributed by atoms with Crippen molar-refractivity contribution >= 4 is 16.3 Å². The molecule has 17 heavy (non-hydrogen) atoms. The van der Waals surface area contributed by atoms with Gasteiger partial charge in [0, 0.05) is 30.4 Å². The third-order valence-corrected chi connectivity index (χ3v) is 4.69. The predicted octanol–water partition coefficient (Wildman–Crippen LogP) is 2.67. The fraction of sp³-hybridized carbons (Fsp3) is 0.615. The highest BCUT2D eigenvalue weighted by atomic mass is 32.1. The number of hydrogen-bond acceptors (Lipinski definition) is 3. The standard InChI is InChI=1S/C13H17N3S/c1-2-9(1)12(10-3-4-10)14-7-11-8-16-5-6-17-13(16)15-11/h5-6,8-10,12,14H,1-4,7H2. The topological polar surface area (TPSA) is 29.3 Å². The molecular formula is C13H17N3S. The second-order valence-electron chi connectivity index (χ2n) is 5.41. The summed E-state index contributed by atoms with van der Waals surface area (Å²) in [4.78, 5) is 5.73. The van der Waals surface area contributed by atoms with Gasteiger partial charge in [0.05, 0.1) is 5.69 Å². The average Bonchev–Trinajstić information content (AvgIpc) is 3.20. The Bertz CT molecular complexity index is 481. The van der Waals surface area contributed by atoms with E-state index in [-0.39, 0.29) is 0 Å². The van der Waals surface area contributed by atoms with Crippen LogP contribution in [-0.2, 0) is 6.54 Å². The fourth-order valence-corrected chi connectivity index (χ4v) is 3.43. The Hall–Kier alpha value is -0.870. The van der Waals surface area contributed by atoms with Crippen molar-refractivity contribution in [2.45, 2.75) is 38.3 Å². The Kier molecular flexibility index (Phi) is 2.27. The molecule has 0 bridgehead atoms. The van der Waals surface area contributed by atoms with Gasteiger partial charge in [-0.1, -0.05) is 0 Å². The number of hydrogen-bond donors (Lipinski definition) is 1. The van der Waals surface area contributed by atoms with Gasteiger partial charge in [0.2, 0.25) is 0 Å². The largest absolute Gasteiger partial charge is 0.308 e. The molecule has 2 aromatic rings. The zero-order valence-corrected chi connectivity index (χ0v) is 10.6. The number of thiazole rings is 1. The predicted molar refractivity (Wildman–Crippen MR) is 69.1 cm³/mol. The Morgan fingerprint density at radius 2 is 2.12 bits per heavy atom. The molecule has 2 fully saturated rings. The first-order valence-electron chi connectivity index (χ1n) is 6.54. The summed E-state index contributed by atoms with van der Waals surface area (Å²) in [5.74, 6) is 1.93. The van der Waals surface area contributed by atoms with Crippen molar-refractivity contribution < 1.29 is 0 Å². The third-order valence-electron chi connectivity index (χ3n) is 3.92. The van der Waals surface area contributed by atoms with Gasteiger partial charge in [-0.05, 0) is 37.5 Å². The molecule has 4 heteroatoms. The summed E-state index contributed by atoms with van der Waals surface area (Å²) >= 11 is 1.70. The van der Waals surface area contributed by atoms with Gasteiger partial charge in [-0.15, -0.1) is 11.3 Å². The molecule has 0 unspecified atom stereocenters. The number of fused-ring (bicyclic) bond motifs is 1. The van der Waals surface area contributed by atoms with E-state index in [1.807, 2.05) is 0 Å². The van der Waals surface area contributed by atoms with Gasteiger partial charge in [0.15, 0.2) is 4.96 Å². The van der Waals surface area contributed by atoms with Crippen LogP contribution in [0.1, 0.15) is 31.4 Å². The Balaban J connectivity index is 1.44. The summed E-state index contributed by atoms with van der Waals surface area (Å²) in [7, 11) is 0. The lowest BCUT2D eigenvalue weighted by molar-refractivity contribution is 0.414. The summed E-state index contributed by atoms with van der Waals surface area (Å²) in [5, 5.41) is 5.82. The molecule has 2 aliphatic carbocycles. The van der Waals surface area contributed by atoms with Crippen molar-refractivity contribution in [3.05, 3.63) is 23.5 Å². The molecule has 0 spiro atoms. The molecular weight excluding hydrogens is 230 g/mol. The summed E-state index contributed by atoms with van der Waals surface area (Å²) in [6.07, 6.45) is 9.98. The number of aromatic nitrogens is 2. The van der Waals surface area contributed by atoms with E-state index in [1.54, 1.807) is 11.3 Å². The van der Waals surface area contributed by atoms with E-state index in [0.29, 0.717) is 0 Å². The summed E-state index contributed by atoms with van der Waals surface area (Å²) in [6, 6.07) is 0.773. The summed E-state index contributed by atoms with van der Waals surface area (Å²) in [5.41, 5.74) is 1.18. The second-order valence-corrected chi connectivity index (χ2v) is 6.28. The van der Waals surface area contributed by atoms with Crippen molar-refractivity contribution in [2.75, 3.05) is 0 Å². The van der Waals surface area contributed by atoms with Gasteiger partial charge in [0.25, 0.3) is 0 Å². The smallest absolute Gasteiger partial charge is 0.193 e. The van der Waals surface area contributed by atoms with Crippen molar-refractivity contribution in [1.29, 1.82) is 0 Å². The average molecular weight is 247 g/mol. The van der Waals surface area contributed by atoms with E-state index < -0.39 is 0 Å². The van der Waals surface area contributed by atoms with Gasteiger partial charge in [-0.25, -0.2) is 4.98 Å².